The number of nitrogens with zero attached hydrogens (tertiary/aromatic N) is 1. The Hall–Kier alpha value is -6.96. The molecule has 0 aromatic heterocycles. The largest absolute Gasteiger partial charge is 0.310 e. The summed E-state index contributed by atoms with van der Waals surface area (Å²) in [6, 6.07) is 63.5. The standard InChI is InChI=1S/C53H35N/c1-5-15-36(16-6-1)41-31-37-25-27-39-33-46(34-40-28-26-38(32-41)51(37)52(39)40)54(44-21-11-4-12-22-44)45-29-30-48-47-23-13-14-24-49(47)53(50(48)35-45,42-17-7-2-8-18-42)43-19-9-3-10-20-43/h1-35H/i1D,5D,6D,15D,16D. The number of hydrogen-bond donors (Lipinski definition) is 0. The van der Waals surface area contributed by atoms with Gasteiger partial charge in [0.2, 0.25) is 0 Å². The van der Waals surface area contributed by atoms with E-state index in [0.29, 0.717) is 5.56 Å². The van der Waals surface area contributed by atoms with Crippen molar-refractivity contribution in [2.45, 2.75) is 5.41 Å². The molecule has 0 atom stereocenters. The Bertz CT molecular complexity index is 3140. The molecule has 0 saturated carbocycles. The van der Waals surface area contributed by atoms with Crippen molar-refractivity contribution in [3.05, 3.63) is 234 Å². The highest BCUT2D eigenvalue weighted by atomic mass is 15.1. The fourth-order valence-electron chi connectivity index (χ4n) is 9.08. The van der Waals surface area contributed by atoms with E-state index in [2.05, 4.69) is 175 Å². The Kier molecular flexibility index (Phi) is 5.78. The lowest BCUT2D eigenvalue weighted by Crippen LogP contribution is -2.28. The third-order valence-corrected chi connectivity index (χ3v) is 11.3. The molecule has 1 aliphatic rings. The van der Waals surface area contributed by atoms with Crippen LogP contribution < -0.4 is 4.90 Å². The van der Waals surface area contributed by atoms with Crippen LogP contribution in [0.1, 0.15) is 29.1 Å². The van der Waals surface area contributed by atoms with Gasteiger partial charge < -0.3 is 4.90 Å². The molecular weight excluding hydrogens is 651 g/mol. The van der Waals surface area contributed by atoms with Crippen LogP contribution in [0.5, 0.6) is 0 Å². The first-order valence-corrected chi connectivity index (χ1v) is 18.3. The Morgan fingerprint density at radius 3 is 1.50 bits per heavy atom. The normalized spacial score (nSPS) is 14.3. The van der Waals surface area contributed by atoms with Gasteiger partial charge in [0.25, 0.3) is 0 Å². The summed E-state index contributed by atoms with van der Waals surface area (Å²) in [5, 5.41) is 6.28. The van der Waals surface area contributed by atoms with Gasteiger partial charge in [0.1, 0.15) is 0 Å². The fourth-order valence-corrected chi connectivity index (χ4v) is 9.08. The molecule has 10 aromatic rings. The minimum absolute atomic E-state index is 0.199. The molecule has 54 heavy (non-hydrogen) atoms. The van der Waals surface area contributed by atoms with E-state index in [-0.39, 0.29) is 29.7 Å². The summed E-state index contributed by atoms with van der Waals surface area (Å²) in [6.45, 7) is 0. The molecule has 0 radical (unpaired) electrons. The van der Waals surface area contributed by atoms with Crippen LogP contribution in [0.3, 0.4) is 0 Å². The topological polar surface area (TPSA) is 3.24 Å². The van der Waals surface area contributed by atoms with Gasteiger partial charge in [0.05, 0.1) is 12.3 Å². The molecule has 1 aliphatic carbocycles. The second kappa shape index (κ2) is 12.0. The molecule has 0 saturated heterocycles. The number of hydrogen-bond acceptors (Lipinski definition) is 1. The number of anilines is 3. The van der Waals surface area contributed by atoms with Gasteiger partial charge >= 0.3 is 0 Å². The maximum atomic E-state index is 8.65. The van der Waals surface area contributed by atoms with Crippen LogP contribution in [0.25, 0.3) is 54.6 Å². The summed E-state index contributed by atoms with van der Waals surface area (Å²) in [6.07, 6.45) is 0. The second-order valence-electron chi connectivity index (χ2n) is 14.1. The molecule has 0 bridgehead atoms. The average molecular weight is 691 g/mol. The van der Waals surface area contributed by atoms with E-state index in [1.165, 1.54) is 33.4 Å². The lowest BCUT2D eigenvalue weighted by atomic mass is 9.67. The molecule has 0 unspecified atom stereocenters. The van der Waals surface area contributed by atoms with Gasteiger partial charge in [-0.15, -0.1) is 0 Å². The molecule has 0 fully saturated rings. The predicted molar refractivity (Wildman–Crippen MR) is 228 cm³/mol. The van der Waals surface area contributed by atoms with Gasteiger partial charge in [-0.2, -0.15) is 0 Å². The first-order chi connectivity index (χ1) is 28.8. The van der Waals surface area contributed by atoms with E-state index in [1.54, 1.807) is 0 Å². The van der Waals surface area contributed by atoms with Gasteiger partial charge in [-0.05, 0) is 125 Å². The molecular formula is C53H35N. The Labute approximate surface area is 322 Å². The van der Waals surface area contributed by atoms with Crippen LogP contribution >= 0.6 is 0 Å². The van der Waals surface area contributed by atoms with Crippen molar-refractivity contribution in [3.8, 4) is 22.3 Å². The Balaban J connectivity index is 1.12. The van der Waals surface area contributed by atoms with E-state index in [9.17, 15) is 0 Å². The zero-order valence-electron chi connectivity index (χ0n) is 34.3. The second-order valence-corrected chi connectivity index (χ2v) is 14.1. The fraction of sp³-hybridized carbons (Fsp3) is 0.0189. The molecule has 0 heterocycles. The first-order valence-electron chi connectivity index (χ1n) is 20.8. The Morgan fingerprint density at radius 1 is 0.370 bits per heavy atom. The van der Waals surface area contributed by atoms with Gasteiger partial charge in [-0.1, -0.05) is 164 Å². The number of rotatable bonds is 6. The molecule has 0 amide bonds. The van der Waals surface area contributed by atoms with Crippen molar-refractivity contribution in [2.75, 3.05) is 4.90 Å². The third-order valence-electron chi connectivity index (χ3n) is 11.3. The number of fused-ring (bicyclic) bond motifs is 3. The highest BCUT2D eigenvalue weighted by molar-refractivity contribution is 6.24. The van der Waals surface area contributed by atoms with Crippen molar-refractivity contribution in [2.24, 2.45) is 0 Å². The van der Waals surface area contributed by atoms with E-state index < -0.39 is 11.5 Å². The summed E-state index contributed by atoms with van der Waals surface area (Å²) < 4.78 is 42.0. The van der Waals surface area contributed by atoms with E-state index in [4.69, 9.17) is 6.85 Å². The maximum absolute atomic E-state index is 8.65. The zero-order valence-corrected chi connectivity index (χ0v) is 29.3. The molecule has 11 rings (SSSR count). The lowest BCUT2D eigenvalue weighted by Gasteiger charge is -2.35. The summed E-state index contributed by atoms with van der Waals surface area (Å²) in [5.74, 6) is 0. The highest BCUT2D eigenvalue weighted by Gasteiger charge is 2.46. The van der Waals surface area contributed by atoms with Crippen LogP contribution in [0.2, 0.25) is 0 Å². The summed E-state index contributed by atoms with van der Waals surface area (Å²) in [7, 11) is 0. The summed E-state index contributed by atoms with van der Waals surface area (Å²) in [5.41, 5.74) is 10.8. The van der Waals surface area contributed by atoms with Crippen molar-refractivity contribution < 1.29 is 6.85 Å². The molecule has 1 heteroatoms. The van der Waals surface area contributed by atoms with Gasteiger partial charge in [-0.25, -0.2) is 0 Å². The van der Waals surface area contributed by atoms with Gasteiger partial charge in [0, 0.05) is 17.1 Å². The van der Waals surface area contributed by atoms with Crippen LogP contribution in [-0.4, -0.2) is 0 Å². The van der Waals surface area contributed by atoms with Crippen LogP contribution in [0.4, 0.5) is 17.1 Å². The monoisotopic (exact) mass is 690 g/mol. The van der Waals surface area contributed by atoms with Gasteiger partial charge in [-0.3, -0.25) is 0 Å². The molecule has 0 aliphatic heterocycles. The third kappa shape index (κ3) is 4.52. The molecule has 0 spiro atoms. The molecule has 1 nitrogen and oxygen atoms in total. The highest BCUT2D eigenvalue weighted by Crippen LogP contribution is 2.57. The van der Waals surface area contributed by atoms with Crippen LogP contribution in [0.15, 0.2) is 212 Å². The first kappa shape index (κ1) is 25.9. The number of benzene rings is 10. The average Bonchev–Trinajstić information content (AvgIpc) is 3.58. The van der Waals surface area contributed by atoms with E-state index in [1.807, 2.05) is 12.1 Å². The lowest BCUT2D eigenvalue weighted by molar-refractivity contribution is 0.768. The van der Waals surface area contributed by atoms with E-state index >= 15 is 0 Å². The summed E-state index contributed by atoms with van der Waals surface area (Å²) in [4.78, 5) is 2.36. The Morgan fingerprint density at radius 2 is 0.889 bits per heavy atom. The molecule has 252 valence electrons. The van der Waals surface area contributed by atoms with Crippen LogP contribution in [0, 0.1) is 0 Å². The molecule has 0 N–H and O–H groups in total. The smallest absolute Gasteiger partial charge is 0.0714 e. The minimum atomic E-state index is -0.533. The van der Waals surface area contributed by atoms with Crippen molar-refractivity contribution >= 4 is 49.4 Å². The van der Waals surface area contributed by atoms with Crippen molar-refractivity contribution in [3.63, 3.8) is 0 Å². The SMILES string of the molecule is [2H]c1c([2H])c([2H])c(-c2cc3ccc4cc(N(c5ccccc5)c5ccc6c(c5)C(c5ccccc5)(c5ccccc5)c5ccccc5-6)cc5ccc(c2)c3c45)c([2H])c1[2H]. The van der Waals surface area contributed by atoms with Crippen molar-refractivity contribution in [1.82, 2.24) is 0 Å². The maximum Gasteiger partial charge on any atom is 0.0714 e. The van der Waals surface area contributed by atoms with E-state index in [0.717, 1.165) is 49.4 Å². The van der Waals surface area contributed by atoms with Crippen molar-refractivity contribution in [1.29, 1.82) is 0 Å². The minimum Gasteiger partial charge on any atom is -0.310 e. The number of para-hydroxylation sites is 1. The molecule has 10 aromatic carbocycles. The van der Waals surface area contributed by atoms with Crippen LogP contribution in [-0.2, 0) is 5.41 Å². The zero-order chi connectivity index (χ0) is 40.0. The summed E-state index contributed by atoms with van der Waals surface area (Å²) >= 11 is 0. The predicted octanol–water partition coefficient (Wildman–Crippen LogP) is 14.1. The van der Waals surface area contributed by atoms with Gasteiger partial charge in [0.15, 0.2) is 0 Å². The quantitative estimate of drug-likeness (QED) is 0.157.